The third kappa shape index (κ3) is 4.18. The maximum Gasteiger partial charge on any atom is 0.295 e. The average molecular weight is 441 g/mol. The third-order valence-corrected chi connectivity index (χ3v) is 6.06. The number of aliphatic hydroxyl groups excluding tert-OH is 1. The molecule has 4 rings (SSSR count). The number of rotatable bonds is 5. The third-order valence-electron chi connectivity index (χ3n) is 5.81. The van der Waals surface area contributed by atoms with Gasteiger partial charge < -0.3 is 19.6 Å². The van der Waals surface area contributed by atoms with Crippen LogP contribution in [0.2, 0.25) is 5.02 Å². The second-order valence-corrected chi connectivity index (χ2v) is 8.52. The highest BCUT2D eigenvalue weighted by Crippen LogP contribution is 2.40. The van der Waals surface area contributed by atoms with Gasteiger partial charge in [-0.2, -0.15) is 0 Å². The standard InChI is InChI=1S/C24H25ClN2O4/c1-26(2)18-11-7-15(8-12-18)21-20(22(28)16-5-9-17(25)10-6-16)23(29)24(30)27(21)14-19-4-3-13-31-19/h5-12,19,21,28H,3-4,13-14H2,1-2H3/t19-,21-/m1/s1. The number of aliphatic hydroxyl groups is 1. The molecule has 1 amide bonds. The quantitative estimate of drug-likeness (QED) is 0.432. The Bertz CT molecular complexity index is 1010. The summed E-state index contributed by atoms with van der Waals surface area (Å²) in [6.07, 6.45) is 1.66. The number of ketones is 1. The highest BCUT2D eigenvalue weighted by Gasteiger charge is 2.47. The van der Waals surface area contributed by atoms with Crippen LogP contribution in [-0.4, -0.2) is 55.0 Å². The van der Waals surface area contributed by atoms with Crippen LogP contribution in [0, 0.1) is 0 Å². The van der Waals surface area contributed by atoms with Crippen LogP contribution in [0.25, 0.3) is 5.76 Å². The first-order chi connectivity index (χ1) is 14.9. The number of nitrogens with zero attached hydrogens (tertiary/aromatic N) is 2. The van der Waals surface area contributed by atoms with E-state index >= 15 is 0 Å². The van der Waals surface area contributed by atoms with Crippen molar-refractivity contribution in [2.75, 3.05) is 32.1 Å². The number of ether oxygens (including phenoxy) is 1. The van der Waals surface area contributed by atoms with Crippen LogP contribution >= 0.6 is 11.6 Å². The molecule has 0 spiro atoms. The molecule has 2 heterocycles. The van der Waals surface area contributed by atoms with Gasteiger partial charge in [0.15, 0.2) is 0 Å². The van der Waals surface area contributed by atoms with Gasteiger partial charge in [0.05, 0.1) is 17.7 Å². The Balaban J connectivity index is 1.80. The SMILES string of the molecule is CN(C)c1ccc([C@@H]2C(=C(O)c3ccc(Cl)cc3)C(=O)C(=O)N2C[C@H]2CCCO2)cc1. The first-order valence-electron chi connectivity index (χ1n) is 10.3. The van der Waals surface area contributed by atoms with E-state index in [1.54, 1.807) is 24.3 Å². The molecule has 0 bridgehead atoms. The largest absolute Gasteiger partial charge is 0.507 e. The summed E-state index contributed by atoms with van der Waals surface area (Å²) in [6.45, 7) is 0.962. The lowest BCUT2D eigenvalue weighted by atomic mass is 9.95. The Labute approximate surface area is 186 Å². The number of carbonyl (C=O) groups excluding carboxylic acids is 2. The van der Waals surface area contributed by atoms with Crippen molar-refractivity contribution in [3.63, 3.8) is 0 Å². The number of amides is 1. The molecule has 6 nitrogen and oxygen atoms in total. The number of halogens is 1. The Kier molecular flexibility index (Phi) is 6.03. The van der Waals surface area contributed by atoms with Crippen molar-refractivity contribution in [1.29, 1.82) is 0 Å². The molecule has 0 aliphatic carbocycles. The van der Waals surface area contributed by atoms with E-state index in [0.717, 1.165) is 24.1 Å². The average Bonchev–Trinajstić information content (AvgIpc) is 3.36. The fourth-order valence-electron chi connectivity index (χ4n) is 4.14. The van der Waals surface area contributed by atoms with Crippen molar-refractivity contribution >= 4 is 34.7 Å². The monoisotopic (exact) mass is 440 g/mol. The van der Waals surface area contributed by atoms with Crippen molar-refractivity contribution in [3.05, 3.63) is 70.3 Å². The number of Topliss-reactive ketones (excluding diaryl/α,β-unsaturated/α-hetero) is 1. The number of anilines is 1. The molecule has 1 N–H and O–H groups in total. The molecular formula is C24H25ClN2O4. The minimum Gasteiger partial charge on any atom is -0.507 e. The molecule has 0 radical (unpaired) electrons. The number of hydrogen-bond acceptors (Lipinski definition) is 5. The Morgan fingerprint density at radius 3 is 2.39 bits per heavy atom. The Hall–Kier alpha value is -2.83. The van der Waals surface area contributed by atoms with Crippen LogP contribution in [0.4, 0.5) is 5.69 Å². The summed E-state index contributed by atoms with van der Waals surface area (Å²) in [4.78, 5) is 29.5. The first-order valence-corrected chi connectivity index (χ1v) is 10.7. The number of benzene rings is 2. The van der Waals surface area contributed by atoms with Crippen LogP contribution in [0.1, 0.15) is 30.0 Å². The molecule has 0 unspecified atom stereocenters. The lowest BCUT2D eigenvalue weighted by Gasteiger charge is -2.28. The van der Waals surface area contributed by atoms with E-state index in [0.29, 0.717) is 23.7 Å². The van der Waals surface area contributed by atoms with E-state index in [4.69, 9.17) is 16.3 Å². The molecule has 2 atom stereocenters. The van der Waals surface area contributed by atoms with E-state index in [2.05, 4.69) is 0 Å². The molecule has 2 aromatic rings. The minimum atomic E-state index is -0.688. The van der Waals surface area contributed by atoms with E-state index in [1.807, 2.05) is 43.3 Å². The molecule has 2 aliphatic heterocycles. The summed E-state index contributed by atoms with van der Waals surface area (Å²) in [5.41, 5.74) is 2.29. The van der Waals surface area contributed by atoms with Crippen LogP contribution in [0.3, 0.4) is 0 Å². The van der Waals surface area contributed by atoms with Crippen LogP contribution < -0.4 is 4.90 Å². The summed E-state index contributed by atoms with van der Waals surface area (Å²) in [7, 11) is 3.89. The normalized spacial score (nSPS) is 22.9. The predicted molar refractivity (Wildman–Crippen MR) is 120 cm³/mol. The van der Waals surface area contributed by atoms with Gasteiger partial charge in [0, 0.05) is 43.5 Å². The summed E-state index contributed by atoms with van der Waals surface area (Å²) >= 11 is 5.97. The zero-order valence-electron chi connectivity index (χ0n) is 17.5. The predicted octanol–water partition coefficient (Wildman–Crippen LogP) is 4.01. The van der Waals surface area contributed by atoms with Crippen molar-refractivity contribution < 1.29 is 19.4 Å². The number of likely N-dealkylation sites (tertiary alicyclic amines) is 1. The van der Waals surface area contributed by atoms with Crippen LogP contribution in [0.15, 0.2) is 54.1 Å². The first kappa shape index (κ1) is 21.4. The molecule has 2 fully saturated rings. The van der Waals surface area contributed by atoms with Crippen molar-refractivity contribution in [2.45, 2.75) is 25.0 Å². The zero-order valence-corrected chi connectivity index (χ0v) is 18.3. The van der Waals surface area contributed by atoms with Gasteiger partial charge in [-0.3, -0.25) is 9.59 Å². The second kappa shape index (κ2) is 8.73. The summed E-state index contributed by atoms with van der Waals surface area (Å²) in [5, 5.41) is 11.6. The number of carbonyl (C=O) groups is 2. The van der Waals surface area contributed by atoms with Gasteiger partial charge in [-0.15, -0.1) is 0 Å². The van der Waals surface area contributed by atoms with Gasteiger partial charge in [0.2, 0.25) is 0 Å². The lowest BCUT2D eigenvalue weighted by molar-refractivity contribution is -0.140. The molecule has 2 saturated heterocycles. The summed E-state index contributed by atoms with van der Waals surface area (Å²) < 4.78 is 5.72. The van der Waals surface area contributed by atoms with E-state index < -0.39 is 17.7 Å². The molecule has 31 heavy (non-hydrogen) atoms. The Morgan fingerprint density at radius 2 is 1.81 bits per heavy atom. The van der Waals surface area contributed by atoms with Gasteiger partial charge in [-0.25, -0.2) is 0 Å². The topological polar surface area (TPSA) is 70.1 Å². The molecule has 0 aromatic heterocycles. The Morgan fingerprint density at radius 1 is 1.13 bits per heavy atom. The molecule has 162 valence electrons. The molecular weight excluding hydrogens is 416 g/mol. The van der Waals surface area contributed by atoms with E-state index in [9.17, 15) is 14.7 Å². The van der Waals surface area contributed by atoms with Crippen molar-refractivity contribution in [2.24, 2.45) is 0 Å². The maximum absolute atomic E-state index is 13.0. The lowest BCUT2D eigenvalue weighted by Crippen LogP contribution is -2.36. The zero-order chi connectivity index (χ0) is 22.1. The molecule has 2 aromatic carbocycles. The molecule has 7 heteroatoms. The van der Waals surface area contributed by atoms with Crippen molar-refractivity contribution in [3.8, 4) is 0 Å². The van der Waals surface area contributed by atoms with Gasteiger partial charge >= 0.3 is 0 Å². The smallest absolute Gasteiger partial charge is 0.295 e. The molecule has 2 aliphatic rings. The highest BCUT2D eigenvalue weighted by molar-refractivity contribution is 6.46. The summed E-state index contributed by atoms with van der Waals surface area (Å²) in [5.74, 6) is -1.51. The maximum atomic E-state index is 13.0. The van der Waals surface area contributed by atoms with Crippen molar-refractivity contribution in [1.82, 2.24) is 4.90 Å². The van der Waals surface area contributed by atoms with Gasteiger partial charge in [0.1, 0.15) is 5.76 Å². The fourth-order valence-corrected chi connectivity index (χ4v) is 4.27. The highest BCUT2D eigenvalue weighted by atomic mass is 35.5. The van der Waals surface area contributed by atoms with Gasteiger partial charge in [-0.05, 0) is 54.8 Å². The van der Waals surface area contributed by atoms with Crippen LogP contribution in [-0.2, 0) is 14.3 Å². The van der Waals surface area contributed by atoms with E-state index in [-0.39, 0.29) is 17.4 Å². The minimum absolute atomic E-state index is 0.0860. The second-order valence-electron chi connectivity index (χ2n) is 8.08. The fraction of sp³-hybridized carbons (Fsp3) is 0.333. The number of hydrogen-bond donors (Lipinski definition) is 1. The van der Waals surface area contributed by atoms with Gasteiger partial charge in [0.25, 0.3) is 11.7 Å². The van der Waals surface area contributed by atoms with Gasteiger partial charge in [-0.1, -0.05) is 23.7 Å². The van der Waals surface area contributed by atoms with Crippen LogP contribution in [0.5, 0.6) is 0 Å². The summed E-state index contributed by atoms with van der Waals surface area (Å²) in [6, 6.07) is 13.5. The van der Waals surface area contributed by atoms with E-state index in [1.165, 1.54) is 4.90 Å². The molecule has 0 saturated carbocycles.